The van der Waals surface area contributed by atoms with Crippen LogP contribution in [0, 0.1) is 5.41 Å². The van der Waals surface area contributed by atoms with Gasteiger partial charge in [0.15, 0.2) is 0 Å². The van der Waals surface area contributed by atoms with Gasteiger partial charge in [0.1, 0.15) is 11.5 Å². The molecular weight excluding hydrogens is 242 g/mol. The molecule has 4 nitrogen and oxygen atoms in total. The van der Waals surface area contributed by atoms with Crippen LogP contribution in [0.5, 0.6) is 11.5 Å². The first-order chi connectivity index (χ1) is 8.86. The Kier molecular flexibility index (Phi) is 5.63. The van der Waals surface area contributed by atoms with Crippen LogP contribution in [0.25, 0.3) is 0 Å². The van der Waals surface area contributed by atoms with Gasteiger partial charge in [-0.05, 0) is 23.1 Å². The van der Waals surface area contributed by atoms with Crippen molar-refractivity contribution in [2.45, 2.75) is 33.4 Å². The molecule has 0 aliphatic rings. The first kappa shape index (κ1) is 15.8. The highest BCUT2D eigenvalue weighted by Crippen LogP contribution is 2.22. The Balaban J connectivity index is 2.58. The van der Waals surface area contributed by atoms with Crippen molar-refractivity contribution in [2.24, 2.45) is 5.41 Å². The van der Waals surface area contributed by atoms with Crippen molar-refractivity contribution >= 4 is 0 Å². The fourth-order valence-electron chi connectivity index (χ4n) is 1.63. The number of aliphatic hydroxyl groups is 1. The van der Waals surface area contributed by atoms with E-state index in [0.29, 0.717) is 13.1 Å². The number of methoxy groups -OCH3 is 2. The van der Waals surface area contributed by atoms with Gasteiger partial charge in [0.2, 0.25) is 0 Å². The minimum atomic E-state index is -0.375. The first-order valence-corrected chi connectivity index (χ1v) is 6.47. The summed E-state index contributed by atoms with van der Waals surface area (Å²) < 4.78 is 10.4. The molecular formula is C15H25NO3. The summed E-state index contributed by atoms with van der Waals surface area (Å²) in [6.45, 7) is 7.29. The Hall–Kier alpha value is -1.26. The van der Waals surface area contributed by atoms with E-state index in [4.69, 9.17) is 9.47 Å². The van der Waals surface area contributed by atoms with Gasteiger partial charge in [-0.15, -0.1) is 0 Å². The molecule has 2 N–H and O–H groups in total. The molecule has 19 heavy (non-hydrogen) atoms. The summed E-state index contributed by atoms with van der Waals surface area (Å²) >= 11 is 0. The minimum Gasteiger partial charge on any atom is -0.497 e. The lowest BCUT2D eigenvalue weighted by Gasteiger charge is -2.26. The molecule has 0 saturated heterocycles. The highest BCUT2D eigenvalue weighted by atomic mass is 16.5. The number of nitrogens with one attached hydrogen (secondary N) is 1. The molecule has 1 unspecified atom stereocenters. The summed E-state index contributed by atoms with van der Waals surface area (Å²) in [6.07, 6.45) is -0.375. The zero-order valence-corrected chi connectivity index (χ0v) is 12.5. The average molecular weight is 267 g/mol. The number of aliphatic hydroxyl groups excluding tert-OH is 1. The van der Waals surface area contributed by atoms with Gasteiger partial charge >= 0.3 is 0 Å². The van der Waals surface area contributed by atoms with Crippen molar-refractivity contribution in [1.82, 2.24) is 5.32 Å². The Morgan fingerprint density at radius 2 is 1.63 bits per heavy atom. The van der Waals surface area contributed by atoms with Crippen molar-refractivity contribution < 1.29 is 14.6 Å². The van der Waals surface area contributed by atoms with Crippen molar-refractivity contribution in [3.8, 4) is 11.5 Å². The molecule has 0 aliphatic carbocycles. The molecule has 0 heterocycles. The number of hydrogen-bond acceptors (Lipinski definition) is 4. The Morgan fingerprint density at radius 1 is 1.11 bits per heavy atom. The normalized spacial score (nSPS) is 13.2. The minimum absolute atomic E-state index is 0.112. The van der Waals surface area contributed by atoms with Crippen LogP contribution in [0.15, 0.2) is 18.2 Å². The zero-order chi connectivity index (χ0) is 14.5. The van der Waals surface area contributed by atoms with Gasteiger partial charge in [0.25, 0.3) is 0 Å². The Labute approximate surface area is 115 Å². The molecule has 0 aliphatic heterocycles. The number of benzene rings is 1. The average Bonchev–Trinajstić information content (AvgIpc) is 2.37. The van der Waals surface area contributed by atoms with E-state index in [1.807, 2.05) is 39.0 Å². The lowest BCUT2D eigenvalue weighted by atomic mass is 9.89. The second kappa shape index (κ2) is 6.78. The van der Waals surface area contributed by atoms with E-state index < -0.39 is 0 Å². The monoisotopic (exact) mass is 267 g/mol. The van der Waals surface area contributed by atoms with Gasteiger partial charge in [-0.2, -0.15) is 0 Å². The van der Waals surface area contributed by atoms with Crippen LogP contribution in [0.3, 0.4) is 0 Å². The van der Waals surface area contributed by atoms with Crippen LogP contribution in [-0.2, 0) is 6.54 Å². The SMILES string of the molecule is COc1cc(CNCC(O)C(C)(C)C)cc(OC)c1. The van der Waals surface area contributed by atoms with E-state index in [1.54, 1.807) is 14.2 Å². The maximum absolute atomic E-state index is 9.95. The van der Waals surface area contributed by atoms with Gasteiger partial charge in [-0.25, -0.2) is 0 Å². The van der Waals surface area contributed by atoms with Crippen molar-refractivity contribution in [1.29, 1.82) is 0 Å². The van der Waals surface area contributed by atoms with Gasteiger partial charge in [0.05, 0.1) is 20.3 Å². The van der Waals surface area contributed by atoms with Crippen LogP contribution in [0.1, 0.15) is 26.3 Å². The molecule has 0 bridgehead atoms. The molecule has 0 aromatic heterocycles. The highest BCUT2D eigenvalue weighted by molar-refractivity contribution is 5.38. The smallest absolute Gasteiger partial charge is 0.122 e. The molecule has 4 heteroatoms. The Bertz CT molecular complexity index is 377. The molecule has 1 aromatic carbocycles. The predicted octanol–water partition coefficient (Wildman–Crippen LogP) is 2.20. The summed E-state index contributed by atoms with van der Waals surface area (Å²) in [5.41, 5.74) is 0.955. The first-order valence-electron chi connectivity index (χ1n) is 6.47. The number of ether oxygens (including phenoxy) is 2. The summed E-state index contributed by atoms with van der Waals surface area (Å²) in [5, 5.41) is 13.2. The third-order valence-corrected chi connectivity index (χ3v) is 3.08. The Morgan fingerprint density at radius 3 is 2.05 bits per heavy atom. The van der Waals surface area contributed by atoms with Crippen LogP contribution in [0.2, 0.25) is 0 Å². The fourth-order valence-corrected chi connectivity index (χ4v) is 1.63. The third kappa shape index (κ3) is 5.09. The molecule has 1 atom stereocenters. The number of rotatable bonds is 6. The second-order valence-electron chi connectivity index (χ2n) is 5.73. The molecule has 1 rings (SSSR count). The van der Waals surface area contributed by atoms with Gasteiger partial charge < -0.3 is 19.9 Å². The van der Waals surface area contributed by atoms with E-state index in [9.17, 15) is 5.11 Å². The standard InChI is InChI=1S/C15H25NO3/c1-15(2,3)14(17)10-16-9-11-6-12(18-4)8-13(7-11)19-5/h6-8,14,16-17H,9-10H2,1-5H3. The molecule has 108 valence electrons. The topological polar surface area (TPSA) is 50.7 Å². The molecule has 0 fully saturated rings. The zero-order valence-electron chi connectivity index (χ0n) is 12.5. The molecule has 0 spiro atoms. The molecule has 0 saturated carbocycles. The van der Waals surface area contributed by atoms with E-state index in [-0.39, 0.29) is 11.5 Å². The van der Waals surface area contributed by atoms with Crippen LogP contribution in [0.4, 0.5) is 0 Å². The van der Waals surface area contributed by atoms with Crippen molar-refractivity contribution in [3.05, 3.63) is 23.8 Å². The van der Waals surface area contributed by atoms with E-state index in [1.165, 1.54) is 0 Å². The van der Waals surface area contributed by atoms with Gasteiger partial charge in [0, 0.05) is 19.2 Å². The van der Waals surface area contributed by atoms with Crippen LogP contribution < -0.4 is 14.8 Å². The summed E-state index contributed by atoms with van der Waals surface area (Å²) in [6, 6.07) is 5.76. The van der Waals surface area contributed by atoms with Crippen molar-refractivity contribution in [2.75, 3.05) is 20.8 Å². The lowest BCUT2D eigenvalue weighted by Crippen LogP contribution is -2.36. The number of hydrogen-bond donors (Lipinski definition) is 2. The van der Waals surface area contributed by atoms with Gasteiger partial charge in [-0.3, -0.25) is 0 Å². The summed E-state index contributed by atoms with van der Waals surface area (Å²) in [7, 11) is 3.27. The maximum Gasteiger partial charge on any atom is 0.122 e. The predicted molar refractivity (Wildman–Crippen MR) is 76.7 cm³/mol. The van der Waals surface area contributed by atoms with Crippen molar-refractivity contribution in [3.63, 3.8) is 0 Å². The van der Waals surface area contributed by atoms with Crippen LogP contribution in [-0.4, -0.2) is 32.0 Å². The summed E-state index contributed by atoms with van der Waals surface area (Å²) in [4.78, 5) is 0. The largest absolute Gasteiger partial charge is 0.497 e. The highest BCUT2D eigenvalue weighted by Gasteiger charge is 2.21. The fraction of sp³-hybridized carbons (Fsp3) is 0.600. The van der Waals surface area contributed by atoms with Gasteiger partial charge in [-0.1, -0.05) is 20.8 Å². The van der Waals surface area contributed by atoms with E-state index in [2.05, 4.69) is 5.32 Å². The molecule has 0 amide bonds. The molecule has 0 radical (unpaired) electrons. The molecule has 1 aromatic rings. The maximum atomic E-state index is 9.95. The van der Waals surface area contributed by atoms with E-state index >= 15 is 0 Å². The quantitative estimate of drug-likeness (QED) is 0.829. The lowest BCUT2D eigenvalue weighted by molar-refractivity contribution is 0.0627. The second-order valence-corrected chi connectivity index (χ2v) is 5.73. The summed E-state index contributed by atoms with van der Waals surface area (Å²) in [5.74, 6) is 1.54. The van der Waals surface area contributed by atoms with E-state index in [0.717, 1.165) is 17.1 Å². The third-order valence-electron chi connectivity index (χ3n) is 3.08. The van der Waals surface area contributed by atoms with Crippen LogP contribution >= 0.6 is 0 Å².